The highest BCUT2D eigenvalue weighted by molar-refractivity contribution is 5.91. The Morgan fingerprint density at radius 3 is 1.96 bits per heavy atom. The molecule has 0 heterocycles. The number of carbonyl (C=O) groups excluding carboxylic acids is 3. The van der Waals surface area contributed by atoms with Gasteiger partial charge in [-0.3, -0.25) is 14.4 Å². The number of amides is 3. The van der Waals surface area contributed by atoms with Crippen LogP contribution in [-0.2, 0) is 19.2 Å². The minimum atomic E-state index is -0.799. The third-order valence-corrected chi connectivity index (χ3v) is 3.53. The monoisotopic (exact) mass is 373 g/mol. The van der Waals surface area contributed by atoms with Crippen molar-refractivity contribution in [3.05, 3.63) is 0 Å². The van der Waals surface area contributed by atoms with Crippen molar-refractivity contribution in [2.45, 2.75) is 72.6 Å². The largest absolute Gasteiger partial charge is 0.444 e. The van der Waals surface area contributed by atoms with Crippen LogP contribution in [0.3, 0.4) is 0 Å². The van der Waals surface area contributed by atoms with Crippen molar-refractivity contribution in [1.82, 2.24) is 15.7 Å². The summed E-state index contributed by atoms with van der Waals surface area (Å²) in [6, 6.07) is -1.56. The molecule has 0 spiro atoms. The maximum absolute atomic E-state index is 12.7. The molecule has 0 aromatic heterocycles. The summed E-state index contributed by atoms with van der Waals surface area (Å²) in [7, 11) is 2.86. The van der Waals surface area contributed by atoms with E-state index in [2.05, 4.69) is 10.6 Å². The lowest BCUT2D eigenvalue weighted by molar-refractivity contribution is -0.172. The molecule has 0 radical (unpaired) electrons. The van der Waals surface area contributed by atoms with Gasteiger partial charge in [-0.25, -0.2) is 9.86 Å². The average Bonchev–Trinajstić information content (AvgIpc) is 2.47. The highest BCUT2D eigenvalue weighted by Crippen LogP contribution is 2.11. The molecule has 8 nitrogen and oxygen atoms in total. The fourth-order valence-electron chi connectivity index (χ4n) is 2.21. The van der Waals surface area contributed by atoms with Gasteiger partial charge in [0.1, 0.15) is 17.7 Å². The number of rotatable bonds is 8. The Hall–Kier alpha value is -1.83. The van der Waals surface area contributed by atoms with Gasteiger partial charge in [-0.15, -0.1) is 0 Å². The molecule has 152 valence electrons. The van der Waals surface area contributed by atoms with E-state index in [9.17, 15) is 14.4 Å². The van der Waals surface area contributed by atoms with Crippen LogP contribution in [0.1, 0.15) is 54.9 Å². The third-order valence-electron chi connectivity index (χ3n) is 3.53. The molecule has 0 fully saturated rings. The maximum atomic E-state index is 12.7. The molecule has 0 saturated heterocycles. The Balaban J connectivity index is 5.21. The zero-order valence-electron chi connectivity index (χ0n) is 17.5. The van der Waals surface area contributed by atoms with Crippen molar-refractivity contribution < 1.29 is 24.0 Å². The summed E-state index contributed by atoms with van der Waals surface area (Å²) in [6.45, 7) is 12.8. The molecule has 26 heavy (non-hydrogen) atoms. The summed E-state index contributed by atoms with van der Waals surface area (Å²) >= 11 is 0. The first-order chi connectivity index (χ1) is 11.8. The average molecular weight is 373 g/mol. The molecular formula is C18H35N3O5. The lowest BCUT2D eigenvalue weighted by Crippen LogP contribution is -2.56. The third kappa shape index (κ3) is 9.03. The van der Waals surface area contributed by atoms with E-state index in [0.29, 0.717) is 6.42 Å². The number of carbonyl (C=O) groups is 3. The van der Waals surface area contributed by atoms with Gasteiger partial charge in [0.15, 0.2) is 0 Å². The molecule has 0 aliphatic carbocycles. The second-order valence-electron chi connectivity index (χ2n) is 8.08. The number of hydroxylamine groups is 2. The van der Waals surface area contributed by atoms with Crippen molar-refractivity contribution in [1.29, 1.82) is 0 Å². The van der Waals surface area contributed by atoms with E-state index in [1.54, 1.807) is 20.8 Å². The maximum Gasteiger partial charge on any atom is 0.408 e. The molecule has 2 N–H and O–H groups in total. The molecule has 8 heteroatoms. The van der Waals surface area contributed by atoms with Crippen LogP contribution >= 0.6 is 0 Å². The Morgan fingerprint density at radius 1 is 1.04 bits per heavy atom. The lowest BCUT2D eigenvalue weighted by Gasteiger charge is -2.28. The predicted octanol–water partition coefficient (Wildman–Crippen LogP) is 2.09. The summed E-state index contributed by atoms with van der Waals surface area (Å²) in [6.07, 6.45) is -0.246. The molecule has 0 rings (SSSR count). The van der Waals surface area contributed by atoms with Crippen LogP contribution in [0.4, 0.5) is 4.79 Å². The molecule has 2 atom stereocenters. The molecule has 0 aromatic carbocycles. The molecular weight excluding hydrogens is 338 g/mol. The van der Waals surface area contributed by atoms with Gasteiger partial charge >= 0.3 is 6.09 Å². The minimum Gasteiger partial charge on any atom is -0.444 e. The number of nitrogens with zero attached hydrogens (tertiary/aromatic N) is 1. The highest BCUT2D eigenvalue weighted by atomic mass is 16.7. The topological polar surface area (TPSA) is 97.0 Å². The standard InChI is InChI=1S/C18H35N3O5/c1-11(2)10-13(19-17(24)26-18(5,6)7)15(22)20-14(12(3)4)16(23)21(8)25-9/h11-14H,10H2,1-9H3,(H,19,24)(H,20,22)/t13-,14-/m0/s1. The SMILES string of the molecule is CON(C)C(=O)[C@@H](NC(=O)[C@H](CC(C)C)NC(=O)OC(C)(C)C)C(C)C. The Labute approximate surface area is 156 Å². The number of ether oxygens (including phenoxy) is 1. The Morgan fingerprint density at radius 2 is 1.58 bits per heavy atom. The van der Waals surface area contributed by atoms with Gasteiger partial charge in [0.05, 0.1) is 7.11 Å². The van der Waals surface area contributed by atoms with Crippen molar-refractivity contribution >= 4 is 17.9 Å². The molecule has 0 unspecified atom stereocenters. The number of hydrogen-bond acceptors (Lipinski definition) is 5. The van der Waals surface area contributed by atoms with Crippen LogP contribution in [0.15, 0.2) is 0 Å². The van der Waals surface area contributed by atoms with Crippen LogP contribution in [0, 0.1) is 11.8 Å². The summed E-state index contributed by atoms with van der Waals surface area (Å²) in [5.74, 6) is -0.779. The molecule has 0 saturated carbocycles. The number of likely N-dealkylation sites (N-methyl/N-ethyl adjacent to an activating group) is 1. The number of hydrogen-bond donors (Lipinski definition) is 2. The zero-order chi connectivity index (χ0) is 20.7. The molecule has 0 aliphatic rings. The van der Waals surface area contributed by atoms with E-state index in [1.165, 1.54) is 14.2 Å². The van der Waals surface area contributed by atoms with Crippen LogP contribution in [0.5, 0.6) is 0 Å². The highest BCUT2D eigenvalue weighted by Gasteiger charge is 2.31. The van der Waals surface area contributed by atoms with E-state index >= 15 is 0 Å². The fraction of sp³-hybridized carbons (Fsp3) is 0.833. The van der Waals surface area contributed by atoms with Crippen molar-refractivity contribution in [3.8, 4) is 0 Å². The van der Waals surface area contributed by atoms with E-state index < -0.39 is 29.7 Å². The van der Waals surface area contributed by atoms with Crippen LogP contribution < -0.4 is 10.6 Å². The van der Waals surface area contributed by atoms with Gasteiger partial charge in [-0.2, -0.15) is 0 Å². The summed E-state index contributed by atoms with van der Waals surface area (Å²) in [5, 5.41) is 6.40. The van der Waals surface area contributed by atoms with Gasteiger partial charge in [0.25, 0.3) is 5.91 Å². The molecule has 0 aliphatic heterocycles. The lowest BCUT2D eigenvalue weighted by atomic mass is 10.00. The molecule has 0 bridgehead atoms. The van der Waals surface area contributed by atoms with Crippen molar-refractivity contribution in [3.63, 3.8) is 0 Å². The quantitative estimate of drug-likeness (QED) is 0.635. The first-order valence-corrected chi connectivity index (χ1v) is 8.90. The minimum absolute atomic E-state index is 0.148. The van der Waals surface area contributed by atoms with E-state index in [4.69, 9.17) is 9.57 Å². The van der Waals surface area contributed by atoms with Gasteiger partial charge in [-0.1, -0.05) is 27.7 Å². The van der Waals surface area contributed by atoms with E-state index in [-0.39, 0.29) is 17.7 Å². The second kappa shape index (κ2) is 10.4. The summed E-state index contributed by atoms with van der Waals surface area (Å²) in [5.41, 5.74) is -0.666. The first-order valence-electron chi connectivity index (χ1n) is 8.90. The van der Waals surface area contributed by atoms with Crippen LogP contribution in [-0.4, -0.2) is 54.8 Å². The molecule has 0 aromatic rings. The van der Waals surface area contributed by atoms with Crippen LogP contribution in [0.25, 0.3) is 0 Å². The van der Waals surface area contributed by atoms with Crippen molar-refractivity contribution in [2.75, 3.05) is 14.2 Å². The summed E-state index contributed by atoms with van der Waals surface area (Å²) in [4.78, 5) is 42.1. The predicted molar refractivity (Wildman–Crippen MR) is 99.2 cm³/mol. The van der Waals surface area contributed by atoms with Gasteiger partial charge in [-0.05, 0) is 39.0 Å². The smallest absolute Gasteiger partial charge is 0.408 e. The van der Waals surface area contributed by atoms with E-state index in [1.807, 2.05) is 27.7 Å². The Bertz CT molecular complexity index is 486. The number of alkyl carbamates (subject to hydrolysis) is 1. The normalized spacial score (nSPS) is 14.0. The van der Waals surface area contributed by atoms with Gasteiger partial charge < -0.3 is 15.4 Å². The van der Waals surface area contributed by atoms with Crippen LogP contribution in [0.2, 0.25) is 0 Å². The second-order valence-corrected chi connectivity index (χ2v) is 8.08. The van der Waals surface area contributed by atoms with Crippen molar-refractivity contribution in [2.24, 2.45) is 11.8 Å². The first kappa shape index (κ1) is 24.2. The summed E-state index contributed by atoms with van der Waals surface area (Å²) < 4.78 is 5.23. The number of nitrogens with one attached hydrogen (secondary N) is 2. The van der Waals surface area contributed by atoms with E-state index in [0.717, 1.165) is 5.06 Å². The van der Waals surface area contributed by atoms with Gasteiger partial charge in [0, 0.05) is 7.05 Å². The molecule has 3 amide bonds. The zero-order valence-corrected chi connectivity index (χ0v) is 17.5. The fourth-order valence-corrected chi connectivity index (χ4v) is 2.21. The van der Waals surface area contributed by atoms with Gasteiger partial charge in [0.2, 0.25) is 5.91 Å². The Kier molecular flexibility index (Phi) is 9.62.